The molecular weight excluding hydrogens is 258 g/mol. The summed E-state index contributed by atoms with van der Waals surface area (Å²) in [5.41, 5.74) is 3.53. The first-order valence-corrected chi connectivity index (χ1v) is 6.16. The van der Waals surface area contributed by atoms with E-state index in [1.165, 1.54) is 7.11 Å². The maximum Gasteiger partial charge on any atom is 0.337 e. The van der Waals surface area contributed by atoms with Gasteiger partial charge in [0.15, 0.2) is 5.69 Å². The number of nitrogens with one attached hydrogen (secondary N) is 2. The van der Waals surface area contributed by atoms with Crippen LogP contribution in [0.1, 0.15) is 43.7 Å². The molecule has 0 spiro atoms. The van der Waals surface area contributed by atoms with E-state index in [4.69, 9.17) is 0 Å². The number of nitrogens with zero attached hydrogens (tertiary/aromatic N) is 1. The molecular formula is C14H13N3O3. The molecule has 1 aliphatic rings. The van der Waals surface area contributed by atoms with E-state index in [2.05, 4.69) is 20.3 Å². The molecule has 2 aromatic rings. The first-order chi connectivity index (χ1) is 9.61. The quantitative estimate of drug-likeness (QED) is 0.807. The van der Waals surface area contributed by atoms with Crippen molar-refractivity contribution in [1.82, 2.24) is 15.5 Å². The highest BCUT2D eigenvalue weighted by Gasteiger charge is 2.34. The highest BCUT2D eigenvalue weighted by atomic mass is 16.5. The topological polar surface area (TPSA) is 84.1 Å². The number of fused-ring (bicyclic) bond motifs is 1. The number of methoxy groups -OCH3 is 1. The van der Waals surface area contributed by atoms with Crippen LogP contribution in [0.25, 0.3) is 0 Å². The molecule has 0 saturated heterocycles. The summed E-state index contributed by atoms with van der Waals surface area (Å²) < 4.78 is 4.66. The standard InChI is InChI=1S/C14H13N3O3/c1-7-10-11(15-13(18)12(10)17-16-7)8-3-5-9(6-4-8)14(19)20-2/h3-6,11H,1-2H3,(H,15,18)(H,16,17). The Balaban J connectivity index is 1.97. The fourth-order valence-corrected chi connectivity index (χ4v) is 2.42. The molecule has 6 nitrogen and oxygen atoms in total. The summed E-state index contributed by atoms with van der Waals surface area (Å²) in [6.07, 6.45) is 0. The van der Waals surface area contributed by atoms with Gasteiger partial charge in [-0.25, -0.2) is 4.79 Å². The molecule has 1 atom stereocenters. The second kappa shape index (κ2) is 4.48. The van der Waals surface area contributed by atoms with Crippen LogP contribution in [0.5, 0.6) is 0 Å². The molecule has 1 aliphatic heterocycles. The SMILES string of the molecule is COC(=O)c1ccc(C2NC(=O)c3n[nH]c(C)c32)cc1. The number of ether oxygens (including phenoxy) is 1. The Morgan fingerprint density at radius 2 is 2.00 bits per heavy atom. The lowest BCUT2D eigenvalue weighted by molar-refractivity contribution is 0.0600. The summed E-state index contributed by atoms with van der Waals surface area (Å²) in [6.45, 7) is 1.88. The van der Waals surface area contributed by atoms with Gasteiger partial charge in [0, 0.05) is 11.3 Å². The van der Waals surface area contributed by atoms with E-state index in [9.17, 15) is 9.59 Å². The predicted octanol–water partition coefficient (Wildman–Crippen LogP) is 1.34. The van der Waals surface area contributed by atoms with Crippen LogP contribution in [-0.2, 0) is 4.74 Å². The maximum absolute atomic E-state index is 11.8. The predicted molar refractivity (Wildman–Crippen MR) is 70.4 cm³/mol. The van der Waals surface area contributed by atoms with E-state index in [1.54, 1.807) is 24.3 Å². The van der Waals surface area contributed by atoms with Gasteiger partial charge < -0.3 is 10.1 Å². The van der Waals surface area contributed by atoms with Crippen molar-refractivity contribution in [2.75, 3.05) is 7.11 Å². The van der Waals surface area contributed by atoms with Crippen LogP contribution >= 0.6 is 0 Å². The number of H-pyrrole nitrogens is 1. The zero-order valence-corrected chi connectivity index (χ0v) is 11.1. The molecule has 102 valence electrons. The van der Waals surface area contributed by atoms with E-state index in [-0.39, 0.29) is 17.9 Å². The highest BCUT2D eigenvalue weighted by molar-refractivity contribution is 5.98. The number of esters is 1. The first-order valence-electron chi connectivity index (χ1n) is 6.16. The van der Waals surface area contributed by atoms with Crippen LogP contribution in [0.4, 0.5) is 0 Å². The number of hydrogen-bond acceptors (Lipinski definition) is 4. The van der Waals surface area contributed by atoms with Crippen molar-refractivity contribution in [3.05, 3.63) is 52.3 Å². The molecule has 0 aliphatic carbocycles. The Morgan fingerprint density at radius 1 is 1.30 bits per heavy atom. The van der Waals surface area contributed by atoms with Gasteiger partial charge in [-0.2, -0.15) is 5.10 Å². The number of carbonyl (C=O) groups is 2. The van der Waals surface area contributed by atoms with E-state index in [1.807, 2.05) is 6.92 Å². The summed E-state index contributed by atoms with van der Waals surface area (Å²) in [6, 6.07) is 6.74. The van der Waals surface area contributed by atoms with Gasteiger partial charge in [-0.3, -0.25) is 9.89 Å². The molecule has 20 heavy (non-hydrogen) atoms. The molecule has 1 amide bonds. The lowest BCUT2D eigenvalue weighted by atomic mass is 9.99. The van der Waals surface area contributed by atoms with Crippen LogP contribution in [-0.4, -0.2) is 29.2 Å². The molecule has 0 bridgehead atoms. The maximum atomic E-state index is 11.8. The van der Waals surface area contributed by atoms with Crippen LogP contribution in [0.15, 0.2) is 24.3 Å². The Hall–Kier alpha value is -2.63. The van der Waals surface area contributed by atoms with Gasteiger partial charge in [-0.15, -0.1) is 0 Å². The minimum atomic E-state index is -0.382. The Morgan fingerprint density at radius 3 is 2.65 bits per heavy atom. The number of aromatic amines is 1. The largest absolute Gasteiger partial charge is 0.465 e. The number of aryl methyl sites for hydroxylation is 1. The summed E-state index contributed by atoms with van der Waals surface area (Å²) in [5, 5.41) is 9.71. The van der Waals surface area contributed by atoms with Crippen molar-refractivity contribution in [3.63, 3.8) is 0 Å². The fraction of sp³-hybridized carbons (Fsp3) is 0.214. The first kappa shape index (κ1) is 12.4. The number of carbonyl (C=O) groups excluding carboxylic acids is 2. The molecule has 1 aromatic carbocycles. The number of amides is 1. The molecule has 0 fully saturated rings. The fourth-order valence-electron chi connectivity index (χ4n) is 2.42. The lowest BCUT2D eigenvalue weighted by Gasteiger charge is -2.12. The molecule has 6 heteroatoms. The van der Waals surface area contributed by atoms with Gasteiger partial charge >= 0.3 is 5.97 Å². The van der Waals surface area contributed by atoms with E-state index in [0.717, 1.165) is 16.8 Å². The Labute approximate surface area is 115 Å². The summed E-state index contributed by atoms with van der Waals surface area (Å²) in [4.78, 5) is 23.2. The molecule has 3 rings (SSSR count). The van der Waals surface area contributed by atoms with Gasteiger partial charge in [-0.1, -0.05) is 12.1 Å². The molecule has 1 aromatic heterocycles. The minimum absolute atomic E-state index is 0.189. The van der Waals surface area contributed by atoms with Crippen LogP contribution in [0.3, 0.4) is 0 Å². The number of rotatable bonds is 2. The molecule has 2 N–H and O–H groups in total. The molecule has 2 heterocycles. The van der Waals surface area contributed by atoms with Gasteiger partial charge in [0.2, 0.25) is 0 Å². The van der Waals surface area contributed by atoms with Crippen LogP contribution < -0.4 is 5.32 Å². The average molecular weight is 271 g/mol. The normalized spacial score (nSPS) is 16.7. The van der Waals surface area contributed by atoms with Crippen molar-refractivity contribution in [2.24, 2.45) is 0 Å². The highest BCUT2D eigenvalue weighted by Crippen LogP contribution is 2.31. The summed E-state index contributed by atoms with van der Waals surface area (Å²) in [5.74, 6) is -0.571. The third kappa shape index (κ3) is 1.77. The molecule has 0 saturated carbocycles. The third-order valence-electron chi connectivity index (χ3n) is 3.44. The van der Waals surface area contributed by atoms with Crippen LogP contribution in [0.2, 0.25) is 0 Å². The minimum Gasteiger partial charge on any atom is -0.465 e. The summed E-state index contributed by atoms with van der Waals surface area (Å²) >= 11 is 0. The van der Waals surface area contributed by atoms with Crippen molar-refractivity contribution in [1.29, 1.82) is 0 Å². The second-order valence-electron chi connectivity index (χ2n) is 4.63. The molecule has 1 unspecified atom stereocenters. The van der Waals surface area contributed by atoms with Gasteiger partial charge in [0.25, 0.3) is 5.91 Å². The van der Waals surface area contributed by atoms with Crippen molar-refractivity contribution < 1.29 is 14.3 Å². The number of benzene rings is 1. The number of hydrogen-bond donors (Lipinski definition) is 2. The smallest absolute Gasteiger partial charge is 0.337 e. The van der Waals surface area contributed by atoms with E-state index in [0.29, 0.717) is 11.3 Å². The van der Waals surface area contributed by atoms with E-state index >= 15 is 0 Å². The number of aromatic nitrogens is 2. The van der Waals surface area contributed by atoms with Crippen molar-refractivity contribution >= 4 is 11.9 Å². The average Bonchev–Trinajstić information content (AvgIpc) is 3.00. The van der Waals surface area contributed by atoms with Crippen LogP contribution in [0, 0.1) is 6.92 Å². The lowest BCUT2D eigenvalue weighted by Crippen LogP contribution is -2.21. The van der Waals surface area contributed by atoms with Crippen molar-refractivity contribution in [2.45, 2.75) is 13.0 Å². The van der Waals surface area contributed by atoms with Gasteiger partial charge in [0.05, 0.1) is 18.7 Å². The van der Waals surface area contributed by atoms with Gasteiger partial charge in [-0.05, 0) is 24.6 Å². The van der Waals surface area contributed by atoms with Crippen molar-refractivity contribution in [3.8, 4) is 0 Å². The Bertz CT molecular complexity index is 688. The second-order valence-corrected chi connectivity index (χ2v) is 4.63. The molecule has 0 radical (unpaired) electrons. The summed E-state index contributed by atoms with van der Waals surface area (Å²) in [7, 11) is 1.34. The zero-order valence-electron chi connectivity index (χ0n) is 11.1. The zero-order chi connectivity index (χ0) is 14.3. The third-order valence-corrected chi connectivity index (χ3v) is 3.44. The van der Waals surface area contributed by atoms with Gasteiger partial charge in [0.1, 0.15) is 0 Å². The van der Waals surface area contributed by atoms with E-state index < -0.39 is 0 Å². The monoisotopic (exact) mass is 271 g/mol. The Kier molecular flexibility index (Phi) is 2.78.